The molecule has 0 bridgehead atoms. The first kappa shape index (κ1) is 15.9. The van der Waals surface area contributed by atoms with E-state index in [1.807, 2.05) is 0 Å². The van der Waals surface area contributed by atoms with E-state index in [1.54, 1.807) is 0 Å². The van der Waals surface area contributed by atoms with Crippen molar-refractivity contribution < 1.29 is 0 Å². The lowest BCUT2D eigenvalue weighted by Gasteiger charge is -2.37. The van der Waals surface area contributed by atoms with Crippen LogP contribution in [0.25, 0.3) is 0 Å². The van der Waals surface area contributed by atoms with E-state index >= 15 is 0 Å². The third-order valence-corrected chi connectivity index (χ3v) is 6.15. The topological polar surface area (TPSA) is 12.0 Å². The first-order chi connectivity index (χ1) is 9.78. The van der Waals surface area contributed by atoms with Crippen molar-refractivity contribution in [3.05, 3.63) is 35.9 Å². The van der Waals surface area contributed by atoms with Gasteiger partial charge in [0.05, 0.1) is 0 Å². The maximum atomic E-state index is 3.86. The average molecular weight is 292 g/mol. The van der Waals surface area contributed by atoms with Crippen molar-refractivity contribution in [1.29, 1.82) is 0 Å². The lowest BCUT2D eigenvalue weighted by molar-refractivity contribution is 0.357. The van der Waals surface area contributed by atoms with Crippen molar-refractivity contribution in [1.82, 2.24) is 5.32 Å². The Morgan fingerprint density at radius 2 is 1.85 bits per heavy atom. The van der Waals surface area contributed by atoms with E-state index in [2.05, 4.69) is 60.6 Å². The Kier molecular flexibility index (Phi) is 6.44. The van der Waals surface area contributed by atoms with E-state index in [0.29, 0.717) is 10.8 Å². The van der Waals surface area contributed by atoms with Gasteiger partial charge in [0.15, 0.2) is 0 Å². The summed E-state index contributed by atoms with van der Waals surface area (Å²) in [6.45, 7) is 3.48. The molecule has 0 spiro atoms. The standard InChI is InChI=1S/C18H29NS/c1-3-17(14-16-10-6-4-7-11-16)19-15-18(20-2)12-8-5-9-13-18/h4,6-7,10-11,17,19H,3,5,8-9,12-15H2,1-2H3. The third kappa shape index (κ3) is 4.53. The van der Waals surface area contributed by atoms with Gasteiger partial charge >= 0.3 is 0 Å². The van der Waals surface area contributed by atoms with Crippen LogP contribution in [0.4, 0.5) is 0 Å². The highest BCUT2D eigenvalue weighted by molar-refractivity contribution is 8.00. The molecule has 1 aliphatic rings. The summed E-state index contributed by atoms with van der Waals surface area (Å²) in [5.41, 5.74) is 1.45. The molecule has 0 amide bonds. The molecule has 1 unspecified atom stereocenters. The molecular weight excluding hydrogens is 262 g/mol. The molecule has 112 valence electrons. The van der Waals surface area contributed by atoms with Crippen molar-refractivity contribution in [2.45, 2.75) is 62.7 Å². The second-order valence-electron chi connectivity index (χ2n) is 6.12. The smallest absolute Gasteiger partial charge is 0.0281 e. The highest BCUT2D eigenvalue weighted by Crippen LogP contribution is 2.38. The number of rotatable bonds is 7. The molecule has 0 radical (unpaired) electrons. The lowest BCUT2D eigenvalue weighted by Crippen LogP contribution is -2.44. The normalized spacial score (nSPS) is 19.7. The maximum absolute atomic E-state index is 3.86. The number of nitrogens with one attached hydrogen (secondary N) is 1. The van der Waals surface area contributed by atoms with Crippen molar-refractivity contribution in [2.75, 3.05) is 12.8 Å². The van der Waals surface area contributed by atoms with E-state index < -0.39 is 0 Å². The van der Waals surface area contributed by atoms with Crippen molar-refractivity contribution >= 4 is 11.8 Å². The molecule has 0 aromatic heterocycles. The Labute approximate surface area is 128 Å². The first-order valence-electron chi connectivity index (χ1n) is 8.10. The Balaban J connectivity index is 1.86. The van der Waals surface area contributed by atoms with Crippen LogP contribution in [0.1, 0.15) is 51.0 Å². The predicted octanol–water partition coefficient (Wildman–Crippen LogP) is 4.66. The molecule has 1 fully saturated rings. The summed E-state index contributed by atoms with van der Waals surface area (Å²) in [6.07, 6.45) is 11.7. The molecule has 2 rings (SSSR count). The van der Waals surface area contributed by atoms with Crippen LogP contribution in [0.15, 0.2) is 30.3 Å². The first-order valence-corrected chi connectivity index (χ1v) is 9.33. The van der Waals surface area contributed by atoms with Gasteiger partial charge < -0.3 is 5.32 Å². The fourth-order valence-electron chi connectivity index (χ4n) is 3.24. The summed E-state index contributed by atoms with van der Waals surface area (Å²) in [7, 11) is 0. The van der Waals surface area contributed by atoms with Crippen LogP contribution in [-0.4, -0.2) is 23.6 Å². The van der Waals surface area contributed by atoms with Crippen LogP contribution in [0.2, 0.25) is 0 Å². The molecule has 0 heterocycles. The zero-order chi connectivity index (χ0) is 14.3. The molecule has 1 atom stereocenters. The minimum absolute atomic E-state index is 0.502. The van der Waals surface area contributed by atoms with Gasteiger partial charge in [-0.3, -0.25) is 0 Å². The van der Waals surface area contributed by atoms with Gasteiger partial charge in [0.2, 0.25) is 0 Å². The third-order valence-electron chi connectivity index (χ3n) is 4.73. The van der Waals surface area contributed by atoms with Crippen molar-refractivity contribution in [2.24, 2.45) is 0 Å². The van der Waals surface area contributed by atoms with Gasteiger partial charge in [0.1, 0.15) is 0 Å². The van der Waals surface area contributed by atoms with Crippen LogP contribution < -0.4 is 5.32 Å². The van der Waals surface area contributed by atoms with Crippen molar-refractivity contribution in [3.8, 4) is 0 Å². The summed E-state index contributed by atoms with van der Waals surface area (Å²) >= 11 is 2.09. The molecule has 1 aromatic rings. The second-order valence-corrected chi connectivity index (χ2v) is 7.40. The number of thioether (sulfide) groups is 1. The van der Waals surface area contributed by atoms with Gasteiger partial charge in [0, 0.05) is 17.3 Å². The Morgan fingerprint density at radius 1 is 1.15 bits per heavy atom. The average Bonchev–Trinajstić information content (AvgIpc) is 2.53. The number of hydrogen-bond donors (Lipinski definition) is 1. The van der Waals surface area contributed by atoms with Crippen LogP contribution >= 0.6 is 11.8 Å². The summed E-state index contributed by atoms with van der Waals surface area (Å²) in [6, 6.07) is 11.5. The molecular formula is C18H29NS. The zero-order valence-electron chi connectivity index (χ0n) is 13.0. The largest absolute Gasteiger partial charge is 0.312 e. The van der Waals surface area contributed by atoms with Crippen LogP contribution in [0.3, 0.4) is 0 Å². The molecule has 1 nitrogen and oxygen atoms in total. The molecule has 1 saturated carbocycles. The minimum atomic E-state index is 0.502. The molecule has 0 saturated heterocycles. The van der Waals surface area contributed by atoms with E-state index in [1.165, 1.54) is 50.6 Å². The summed E-state index contributed by atoms with van der Waals surface area (Å²) < 4.78 is 0.502. The van der Waals surface area contributed by atoms with Gasteiger partial charge in [-0.1, -0.05) is 56.5 Å². The van der Waals surface area contributed by atoms with Gasteiger partial charge in [-0.05, 0) is 37.5 Å². The maximum Gasteiger partial charge on any atom is 0.0281 e. The monoisotopic (exact) mass is 291 g/mol. The molecule has 1 aliphatic carbocycles. The van der Waals surface area contributed by atoms with Gasteiger partial charge in [-0.15, -0.1) is 0 Å². The molecule has 0 aliphatic heterocycles. The van der Waals surface area contributed by atoms with E-state index in [0.717, 1.165) is 6.42 Å². The number of hydrogen-bond acceptors (Lipinski definition) is 2. The minimum Gasteiger partial charge on any atom is -0.312 e. The van der Waals surface area contributed by atoms with Crippen molar-refractivity contribution in [3.63, 3.8) is 0 Å². The van der Waals surface area contributed by atoms with Gasteiger partial charge in [-0.2, -0.15) is 11.8 Å². The predicted molar refractivity (Wildman–Crippen MR) is 91.6 cm³/mol. The van der Waals surface area contributed by atoms with Crippen LogP contribution in [0.5, 0.6) is 0 Å². The second kappa shape index (κ2) is 8.09. The van der Waals surface area contributed by atoms with E-state index in [4.69, 9.17) is 0 Å². The van der Waals surface area contributed by atoms with Crippen LogP contribution in [-0.2, 0) is 6.42 Å². The van der Waals surface area contributed by atoms with Gasteiger partial charge in [0.25, 0.3) is 0 Å². The Hall–Kier alpha value is -0.470. The SMILES string of the molecule is CCC(Cc1ccccc1)NCC1(SC)CCCCC1. The Morgan fingerprint density at radius 3 is 2.45 bits per heavy atom. The van der Waals surface area contributed by atoms with E-state index in [-0.39, 0.29) is 0 Å². The zero-order valence-corrected chi connectivity index (χ0v) is 13.8. The summed E-state index contributed by atoms with van der Waals surface area (Å²) in [5, 5.41) is 3.86. The quantitative estimate of drug-likeness (QED) is 0.784. The lowest BCUT2D eigenvalue weighted by atomic mass is 9.88. The van der Waals surface area contributed by atoms with E-state index in [9.17, 15) is 0 Å². The van der Waals surface area contributed by atoms with Crippen LogP contribution in [0, 0.1) is 0 Å². The summed E-state index contributed by atoms with van der Waals surface area (Å²) in [5.74, 6) is 0. The number of benzene rings is 1. The summed E-state index contributed by atoms with van der Waals surface area (Å²) in [4.78, 5) is 0. The fourth-order valence-corrected chi connectivity index (χ4v) is 4.16. The fraction of sp³-hybridized carbons (Fsp3) is 0.667. The van der Waals surface area contributed by atoms with Gasteiger partial charge in [-0.25, -0.2) is 0 Å². The highest BCUT2D eigenvalue weighted by Gasteiger charge is 2.31. The Bertz CT molecular complexity index is 370. The highest BCUT2D eigenvalue weighted by atomic mass is 32.2. The molecule has 1 N–H and O–H groups in total. The molecule has 2 heteroatoms. The molecule has 20 heavy (non-hydrogen) atoms. The molecule has 1 aromatic carbocycles.